The molecule has 0 aliphatic carbocycles. The molecule has 0 atom stereocenters. The zero-order chi connectivity index (χ0) is 22.7. The fourth-order valence-electron chi connectivity index (χ4n) is 3.12. The first kappa shape index (κ1) is 21.5. The number of carbonyl (C=O) groups excluding carboxylic acids is 1. The molecule has 4 rings (SSSR count). The molecule has 158 valence electrons. The van der Waals surface area contributed by atoms with Crippen LogP contribution >= 0.6 is 23.2 Å². The Kier molecular flexibility index (Phi) is 6.16. The molecule has 0 bridgehead atoms. The number of nitrogens with zero attached hydrogens (tertiary/aromatic N) is 3. The van der Waals surface area contributed by atoms with Gasteiger partial charge in [0.05, 0.1) is 10.6 Å². The molecule has 0 fully saturated rings. The van der Waals surface area contributed by atoms with E-state index in [4.69, 9.17) is 23.2 Å². The smallest absolute Gasteiger partial charge is 0.269 e. The molecule has 0 spiro atoms. The minimum absolute atomic E-state index is 0.0808. The van der Waals surface area contributed by atoms with E-state index >= 15 is 0 Å². The highest BCUT2D eigenvalue weighted by Crippen LogP contribution is 2.32. The summed E-state index contributed by atoms with van der Waals surface area (Å²) in [4.78, 5) is 22.9. The van der Waals surface area contributed by atoms with E-state index in [-0.39, 0.29) is 11.5 Å². The predicted octanol–water partition coefficient (Wildman–Crippen LogP) is 6.65. The van der Waals surface area contributed by atoms with E-state index in [9.17, 15) is 14.9 Å². The highest BCUT2D eigenvalue weighted by Gasteiger charge is 2.18. The molecule has 1 aromatic heterocycles. The third kappa shape index (κ3) is 4.46. The van der Waals surface area contributed by atoms with Gasteiger partial charge in [0.1, 0.15) is 10.8 Å². The largest absolute Gasteiger partial charge is 0.289 e. The van der Waals surface area contributed by atoms with E-state index in [2.05, 4.69) is 5.10 Å². The molecule has 0 aliphatic rings. The van der Waals surface area contributed by atoms with E-state index < -0.39 is 4.92 Å². The molecule has 0 radical (unpaired) electrons. The fraction of sp³-hybridized carbons (Fsp3) is 0. The van der Waals surface area contributed by atoms with Crippen LogP contribution < -0.4 is 0 Å². The van der Waals surface area contributed by atoms with Gasteiger partial charge in [-0.15, -0.1) is 0 Å². The lowest BCUT2D eigenvalue weighted by atomic mass is 10.1. The number of non-ortho nitro benzene ring substituents is 1. The van der Waals surface area contributed by atoms with Crippen molar-refractivity contribution in [3.05, 3.63) is 116 Å². The quantitative estimate of drug-likeness (QED) is 0.139. The number of hydrogen-bond acceptors (Lipinski definition) is 4. The zero-order valence-corrected chi connectivity index (χ0v) is 18.0. The molecule has 0 saturated carbocycles. The van der Waals surface area contributed by atoms with Gasteiger partial charge in [0.15, 0.2) is 5.78 Å². The summed E-state index contributed by atoms with van der Waals surface area (Å²) in [7, 11) is 0. The fourth-order valence-corrected chi connectivity index (χ4v) is 3.54. The van der Waals surface area contributed by atoms with E-state index in [1.807, 2.05) is 42.5 Å². The Morgan fingerprint density at radius 2 is 1.59 bits per heavy atom. The molecular weight excluding hydrogens is 449 g/mol. The van der Waals surface area contributed by atoms with Crippen molar-refractivity contribution in [3.63, 3.8) is 0 Å². The summed E-state index contributed by atoms with van der Waals surface area (Å²) in [6.45, 7) is 0. The SMILES string of the molecule is O=C(/C=C/c1c(-c2ccc(Cl)cc2)nn(-c2ccccc2)c1Cl)c1ccc([N+](=O)[O-])cc1. The molecule has 0 N–H and O–H groups in total. The van der Waals surface area contributed by atoms with Gasteiger partial charge in [-0.3, -0.25) is 14.9 Å². The summed E-state index contributed by atoms with van der Waals surface area (Å²) in [5, 5.41) is 16.4. The zero-order valence-electron chi connectivity index (χ0n) is 16.5. The number of allylic oxidation sites excluding steroid dienone is 1. The molecule has 1 heterocycles. The van der Waals surface area contributed by atoms with Gasteiger partial charge in [0.25, 0.3) is 5.69 Å². The summed E-state index contributed by atoms with van der Waals surface area (Å²) < 4.78 is 1.60. The Balaban J connectivity index is 1.74. The predicted molar refractivity (Wildman–Crippen MR) is 125 cm³/mol. The van der Waals surface area contributed by atoms with Crippen LogP contribution in [0.15, 0.2) is 84.9 Å². The highest BCUT2D eigenvalue weighted by atomic mass is 35.5. The number of benzene rings is 3. The van der Waals surface area contributed by atoms with Gasteiger partial charge in [-0.25, -0.2) is 4.68 Å². The third-order valence-corrected chi connectivity index (χ3v) is 5.36. The lowest BCUT2D eigenvalue weighted by Crippen LogP contribution is -1.96. The van der Waals surface area contributed by atoms with E-state index in [1.165, 1.54) is 30.3 Å². The van der Waals surface area contributed by atoms with Gasteiger partial charge in [0.2, 0.25) is 0 Å². The van der Waals surface area contributed by atoms with Crippen LogP contribution in [-0.2, 0) is 0 Å². The summed E-state index contributed by atoms with van der Waals surface area (Å²) in [5.74, 6) is -0.314. The average molecular weight is 464 g/mol. The first-order valence-electron chi connectivity index (χ1n) is 9.51. The van der Waals surface area contributed by atoms with Crippen molar-refractivity contribution in [2.75, 3.05) is 0 Å². The van der Waals surface area contributed by atoms with Crippen LogP contribution in [0.5, 0.6) is 0 Å². The van der Waals surface area contributed by atoms with Crippen molar-refractivity contribution >= 4 is 40.7 Å². The maximum Gasteiger partial charge on any atom is 0.269 e. The van der Waals surface area contributed by atoms with Crippen molar-refractivity contribution in [2.24, 2.45) is 0 Å². The van der Waals surface area contributed by atoms with Crippen LogP contribution in [0.2, 0.25) is 10.2 Å². The van der Waals surface area contributed by atoms with Crippen LogP contribution in [0.3, 0.4) is 0 Å². The molecule has 6 nitrogen and oxygen atoms in total. The van der Waals surface area contributed by atoms with Gasteiger partial charge < -0.3 is 0 Å². The lowest BCUT2D eigenvalue weighted by molar-refractivity contribution is -0.384. The first-order valence-corrected chi connectivity index (χ1v) is 10.3. The molecule has 3 aromatic carbocycles. The topological polar surface area (TPSA) is 78.0 Å². The van der Waals surface area contributed by atoms with Crippen LogP contribution in [0, 0.1) is 10.1 Å². The molecule has 32 heavy (non-hydrogen) atoms. The first-order chi connectivity index (χ1) is 15.4. The number of hydrogen-bond donors (Lipinski definition) is 0. The Morgan fingerprint density at radius 1 is 0.938 bits per heavy atom. The maximum atomic E-state index is 12.6. The number of rotatable bonds is 6. The molecule has 0 amide bonds. The molecule has 8 heteroatoms. The number of nitro groups is 1. The second-order valence-electron chi connectivity index (χ2n) is 6.81. The van der Waals surface area contributed by atoms with Gasteiger partial charge in [-0.1, -0.05) is 53.5 Å². The van der Waals surface area contributed by atoms with Crippen molar-refractivity contribution in [1.29, 1.82) is 0 Å². The van der Waals surface area contributed by atoms with Crippen LogP contribution in [0.25, 0.3) is 23.0 Å². The molecule has 0 aliphatic heterocycles. The van der Waals surface area contributed by atoms with Crippen molar-refractivity contribution in [1.82, 2.24) is 9.78 Å². The minimum Gasteiger partial charge on any atom is -0.289 e. The minimum atomic E-state index is -0.514. The number of ketones is 1. The van der Waals surface area contributed by atoms with Crippen LogP contribution in [0.4, 0.5) is 5.69 Å². The van der Waals surface area contributed by atoms with Gasteiger partial charge >= 0.3 is 0 Å². The summed E-state index contributed by atoms with van der Waals surface area (Å²) in [6, 6.07) is 22.0. The molecular formula is C24H15Cl2N3O3. The second-order valence-corrected chi connectivity index (χ2v) is 7.60. The standard InChI is InChI=1S/C24H15Cl2N3O3/c25-18-10-6-17(7-11-18)23-21(24(26)28(27-23)19-4-2-1-3-5-19)14-15-22(30)16-8-12-20(13-9-16)29(31)32/h1-15H/b15-14+. The second kappa shape index (κ2) is 9.18. The Hall–Kier alpha value is -3.74. The Labute approximate surface area is 193 Å². The number of aromatic nitrogens is 2. The monoisotopic (exact) mass is 463 g/mol. The summed E-state index contributed by atoms with van der Waals surface area (Å²) in [5.41, 5.74) is 2.95. The number of nitro benzene ring substituents is 1. The van der Waals surface area contributed by atoms with Gasteiger partial charge in [-0.2, -0.15) is 5.10 Å². The van der Waals surface area contributed by atoms with Crippen LogP contribution in [0.1, 0.15) is 15.9 Å². The molecule has 0 saturated heterocycles. The lowest BCUT2D eigenvalue weighted by Gasteiger charge is -2.01. The van der Waals surface area contributed by atoms with Crippen LogP contribution in [-0.4, -0.2) is 20.5 Å². The van der Waals surface area contributed by atoms with Crippen molar-refractivity contribution in [3.8, 4) is 16.9 Å². The average Bonchev–Trinajstić information content (AvgIpc) is 3.14. The van der Waals surface area contributed by atoms with Gasteiger partial charge in [-0.05, 0) is 48.6 Å². The number of carbonyl (C=O) groups is 1. The Bertz CT molecular complexity index is 1310. The normalized spacial score (nSPS) is 11.1. The number of para-hydroxylation sites is 1. The van der Waals surface area contributed by atoms with E-state index in [1.54, 1.807) is 22.9 Å². The molecule has 4 aromatic rings. The summed E-state index contributed by atoms with van der Waals surface area (Å²) in [6.07, 6.45) is 2.97. The Morgan fingerprint density at radius 3 is 2.22 bits per heavy atom. The van der Waals surface area contributed by atoms with Crippen molar-refractivity contribution < 1.29 is 9.72 Å². The highest BCUT2D eigenvalue weighted by molar-refractivity contribution is 6.32. The summed E-state index contributed by atoms with van der Waals surface area (Å²) >= 11 is 12.7. The maximum absolute atomic E-state index is 12.6. The van der Waals surface area contributed by atoms with Crippen molar-refractivity contribution in [2.45, 2.75) is 0 Å². The number of halogens is 2. The molecule has 0 unspecified atom stereocenters. The van der Waals surface area contributed by atoms with E-state index in [0.717, 1.165) is 11.3 Å². The van der Waals surface area contributed by atoms with E-state index in [0.29, 0.717) is 27.0 Å². The third-order valence-electron chi connectivity index (χ3n) is 4.75. The van der Waals surface area contributed by atoms with Gasteiger partial charge in [0, 0.05) is 33.8 Å².